The first-order chi connectivity index (χ1) is 6.91. The molecule has 0 aliphatic heterocycles. The minimum Gasteiger partial charge on any atom is -0.224 e. The van der Waals surface area contributed by atoms with Gasteiger partial charge in [-0.25, -0.2) is 9.78 Å². The van der Waals surface area contributed by atoms with Crippen molar-refractivity contribution in [3.05, 3.63) is 0 Å². The standard InChI is InChI=1S/C12H10O2/c1-3-5-7-9-11-13-14-12-10-8-6-4-2/h1-2H,5-8H2. The minimum absolute atomic E-state index is 0.588. The normalized spacial score (nSPS) is 6.43. The van der Waals surface area contributed by atoms with Crippen LogP contribution in [0.25, 0.3) is 0 Å². The topological polar surface area (TPSA) is 18.5 Å². The Hall–Kier alpha value is -2.16. The van der Waals surface area contributed by atoms with Crippen molar-refractivity contribution in [2.24, 2.45) is 0 Å². The maximum Gasteiger partial charge on any atom is 0.172 e. The van der Waals surface area contributed by atoms with E-state index in [0.717, 1.165) is 0 Å². The summed E-state index contributed by atoms with van der Waals surface area (Å²) in [5, 5.41) is 0. The second-order valence-corrected chi connectivity index (χ2v) is 2.13. The van der Waals surface area contributed by atoms with E-state index in [1.165, 1.54) is 0 Å². The minimum atomic E-state index is 0.588. The van der Waals surface area contributed by atoms with Crippen LogP contribution < -0.4 is 0 Å². The van der Waals surface area contributed by atoms with E-state index in [1.54, 1.807) is 0 Å². The van der Waals surface area contributed by atoms with Crippen molar-refractivity contribution in [1.82, 2.24) is 0 Å². The SMILES string of the molecule is C#CCCC#COOC#CCCC#C. The summed E-state index contributed by atoms with van der Waals surface area (Å²) in [5.74, 6) is 10.2. The van der Waals surface area contributed by atoms with Gasteiger partial charge in [0.1, 0.15) is 0 Å². The highest BCUT2D eigenvalue weighted by Crippen LogP contribution is 1.83. The third-order valence-corrected chi connectivity index (χ3v) is 1.06. The van der Waals surface area contributed by atoms with Crippen LogP contribution in [0.15, 0.2) is 0 Å². The number of hydrogen-bond donors (Lipinski definition) is 0. The molecular weight excluding hydrogens is 176 g/mol. The maximum absolute atomic E-state index is 5.01. The van der Waals surface area contributed by atoms with E-state index in [0.29, 0.717) is 25.7 Å². The van der Waals surface area contributed by atoms with Gasteiger partial charge in [0.2, 0.25) is 0 Å². The lowest BCUT2D eigenvalue weighted by Gasteiger charge is -1.84. The van der Waals surface area contributed by atoms with Gasteiger partial charge in [-0.2, -0.15) is 0 Å². The van der Waals surface area contributed by atoms with E-state index >= 15 is 0 Å². The van der Waals surface area contributed by atoms with Gasteiger partial charge in [0.05, 0.1) is 0 Å². The van der Waals surface area contributed by atoms with Gasteiger partial charge < -0.3 is 0 Å². The van der Waals surface area contributed by atoms with Crippen molar-refractivity contribution >= 4 is 0 Å². The molecule has 0 rings (SSSR count). The van der Waals surface area contributed by atoms with Crippen LogP contribution in [0, 0.1) is 48.7 Å². The first kappa shape index (κ1) is 11.8. The summed E-state index contributed by atoms with van der Waals surface area (Å²) in [6.07, 6.45) is 17.0. The molecule has 0 saturated heterocycles. The predicted octanol–water partition coefficient (Wildman–Crippen LogP) is 1.68. The van der Waals surface area contributed by atoms with Crippen LogP contribution >= 0.6 is 0 Å². The number of rotatable bonds is 3. The molecule has 0 radical (unpaired) electrons. The number of hydrogen-bond acceptors (Lipinski definition) is 2. The Bertz CT molecular complexity index is 297. The average Bonchev–Trinajstić information content (AvgIpc) is 2.21. The van der Waals surface area contributed by atoms with Crippen LogP contribution in [0.3, 0.4) is 0 Å². The van der Waals surface area contributed by atoms with Gasteiger partial charge in [0.25, 0.3) is 0 Å². The Morgan fingerprint density at radius 3 is 1.50 bits per heavy atom. The van der Waals surface area contributed by atoms with Crippen molar-refractivity contribution in [3.63, 3.8) is 0 Å². The second-order valence-electron chi connectivity index (χ2n) is 2.13. The Morgan fingerprint density at radius 2 is 1.14 bits per heavy atom. The molecule has 2 heteroatoms. The van der Waals surface area contributed by atoms with Crippen LogP contribution in [-0.4, -0.2) is 0 Å². The lowest BCUT2D eigenvalue weighted by molar-refractivity contribution is -0.167. The highest BCUT2D eigenvalue weighted by molar-refractivity contribution is 4.98. The van der Waals surface area contributed by atoms with Gasteiger partial charge in [0.15, 0.2) is 12.2 Å². The lowest BCUT2D eigenvalue weighted by Crippen LogP contribution is -1.78. The molecule has 0 aliphatic rings. The summed E-state index contributed by atoms with van der Waals surface area (Å²) < 4.78 is 0. The zero-order valence-corrected chi connectivity index (χ0v) is 7.80. The number of terminal acetylenes is 2. The van der Waals surface area contributed by atoms with Crippen LogP contribution in [-0.2, 0) is 9.78 Å². The fourth-order valence-corrected chi connectivity index (χ4v) is 0.472. The van der Waals surface area contributed by atoms with E-state index in [4.69, 9.17) is 12.8 Å². The van der Waals surface area contributed by atoms with E-state index in [2.05, 4.69) is 45.7 Å². The molecule has 0 saturated carbocycles. The molecule has 0 heterocycles. The molecule has 0 spiro atoms. The molecule has 0 fully saturated rings. The molecule has 0 atom stereocenters. The molecule has 0 N–H and O–H groups in total. The van der Waals surface area contributed by atoms with Gasteiger partial charge in [-0.15, -0.1) is 24.7 Å². The summed E-state index contributed by atoms with van der Waals surface area (Å²) in [7, 11) is 0. The van der Waals surface area contributed by atoms with E-state index in [9.17, 15) is 0 Å². The van der Waals surface area contributed by atoms with Crippen molar-refractivity contribution in [3.8, 4) is 48.7 Å². The van der Waals surface area contributed by atoms with Crippen LogP contribution in [0.1, 0.15) is 25.7 Å². The number of unbranched alkanes of at least 4 members (excludes halogenated alkanes) is 2. The Morgan fingerprint density at radius 1 is 0.714 bits per heavy atom. The molecule has 0 aliphatic carbocycles. The van der Waals surface area contributed by atoms with Gasteiger partial charge >= 0.3 is 0 Å². The van der Waals surface area contributed by atoms with Crippen molar-refractivity contribution in [1.29, 1.82) is 0 Å². The molecule has 2 nitrogen and oxygen atoms in total. The first-order valence-corrected chi connectivity index (χ1v) is 4.07. The third-order valence-electron chi connectivity index (χ3n) is 1.06. The van der Waals surface area contributed by atoms with E-state index in [1.807, 2.05) is 0 Å². The van der Waals surface area contributed by atoms with Crippen LogP contribution in [0.2, 0.25) is 0 Å². The zero-order valence-electron chi connectivity index (χ0n) is 7.80. The average molecular weight is 186 g/mol. The molecule has 0 aromatic rings. The molecule has 70 valence electrons. The molecule has 0 aromatic heterocycles. The Balaban J connectivity index is 3.34. The van der Waals surface area contributed by atoms with Crippen molar-refractivity contribution < 1.29 is 9.78 Å². The largest absolute Gasteiger partial charge is 0.224 e. The quantitative estimate of drug-likeness (QED) is 0.289. The van der Waals surface area contributed by atoms with Crippen molar-refractivity contribution in [2.45, 2.75) is 25.7 Å². The van der Waals surface area contributed by atoms with E-state index in [-0.39, 0.29) is 0 Å². The second kappa shape index (κ2) is 10.8. The van der Waals surface area contributed by atoms with Crippen LogP contribution in [0.5, 0.6) is 0 Å². The van der Waals surface area contributed by atoms with Crippen molar-refractivity contribution in [2.75, 3.05) is 0 Å². The predicted molar refractivity (Wildman–Crippen MR) is 53.9 cm³/mol. The van der Waals surface area contributed by atoms with Gasteiger partial charge in [0, 0.05) is 25.7 Å². The smallest absolute Gasteiger partial charge is 0.172 e. The summed E-state index contributed by atoms with van der Waals surface area (Å²) >= 11 is 0. The Kier molecular flexibility index (Phi) is 9.17. The molecule has 0 aromatic carbocycles. The fraction of sp³-hybridized carbons (Fsp3) is 0.333. The Labute approximate surface area is 84.9 Å². The summed E-state index contributed by atoms with van der Waals surface area (Å²) in [6.45, 7) is 0. The molecule has 14 heavy (non-hydrogen) atoms. The maximum atomic E-state index is 5.01. The van der Waals surface area contributed by atoms with Gasteiger partial charge in [-0.3, -0.25) is 0 Å². The monoisotopic (exact) mass is 186 g/mol. The summed E-state index contributed by atoms with van der Waals surface area (Å²) in [4.78, 5) is 8.81. The molecule has 0 amide bonds. The van der Waals surface area contributed by atoms with Crippen LogP contribution in [0.4, 0.5) is 0 Å². The van der Waals surface area contributed by atoms with Gasteiger partial charge in [-0.1, -0.05) is 11.8 Å². The third kappa shape index (κ3) is 9.84. The fourth-order valence-electron chi connectivity index (χ4n) is 0.472. The molecular formula is C12H10O2. The van der Waals surface area contributed by atoms with Gasteiger partial charge in [-0.05, 0) is 0 Å². The first-order valence-electron chi connectivity index (χ1n) is 4.07. The summed E-state index contributed by atoms with van der Waals surface area (Å²) in [5.41, 5.74) is 0. The highest BCUT2D eigenvalue weighted by Gasteiger charge is 1.76. The summed E-state index contributed by atoms with van der Waals surface area (Å²) in [6, 6.07) is 0. The van der Waals surface area contributed by atoms with E-state index < -0.39 is 0 Å². The molecule has 0 bridgehead atoms. The lowest BCUT2D eigenvalue weighted by atomic mass is 10.3. The highest BCUT2D eigenvalue weighted by atomic mass is 17.2. The molecule has 0 unspecified atom stereocenters. The zero-order chi connectivity index (χ0) is 10.5.